The molecule has 0 aliphatic heterocycles. The van der Waals surface area contributed by atoms with Gasteiger partial charge in [0.05, 0.1) is 4.92 Å². The first-order chi connectivity index (χ1) is 14.7. The number of nitro groups is 1. The van der Waals surface area contributed by atoms with Crippen molar-refractivity contribution < 1.29 is 14.5 Å². The molecule has 0 saturated carbocycles. The normalized spacial score (nSPS) is 11.8. The van der Waals surface area contributed by atoms with Crippen LogP contribution in [0.3, 0.4) is 0 Å². The Labute approximate surface area is 189 Å². The number of thiophene rings is 1. The number of ether oxygens (including phenoxy) is 1. The van der Waals surface area contributed by atoms with E-state index in [-0.39, 0.29) is 16.6 Å². The summed E-state index contributed by atoms with van der Waals surface area (Å²) in [5, 5.41) is 11.0. The first-order valence-electron chi connectivity index (χ1n) is 11.0. The van der Waals surface area contributed by atoms with Gasteiger partial charge in [0.15, 0.2) is 0 Å². The number of esters is 1. The van der Waals surface area contributed by atoms with Gasteiger partial charge in [-0.05, 0) is 81.4 Å². The molecule has 1 heterocycles. The molecule has 5 nitrogen and oxygen atoms in total. The van der Waals surface area contributed by atoms with Crippen molar-refractivity contribution in [1.29, 1.82) is 0 Å². The van der Waals surface area contributed by atoms with Crippen LogP contribution in [0.5, 0.6) is 0 Å². The summed E-state index contributed by atoms with van der Waals surface area (Å²) in [7, 11) is 0. The minimum atomic E-state index is -0.532. The summed E-state index contributed by atoms with van der Waals surface area (Å²) in [6.07, 6.45) is 9.53. The number of aryl methyl sites for hydroxylation is 1. The van der Waals surface area contributed by atoms with E-state index in [1.54, 1.807) is 23.5 Å². The van der Waals surface area contributed by atoms with Crippen LogP contribution in [-0.4, -0.2) is 16.5 Å². The third-order valence-corrected chi connectivity index (χ3v) is 6.15. The molecule has 0 aliphatic rings. The van der Waals surface area contributed by atoms with Gasteiger partial charge >= 0.3 is 5.97 Å². The Kier molecular flexibility index (Phi) is 8.99. The summed E-state index contributed by atoms with van der Waals surface area (Å²) >= 11 is 1.74. The van der Waals surface area contributed by atoms with Crippen LogP contribution in [0.2, 0.25) is 0 Å². The van der Waals surface area contributed by atoms with Crippen LogP contribution in [0, 0.1) is 10.1 Å². The van der Waals surface area contributed by atoms with E-state index in [2.05, 4.69) is 13.8 Å². The second kappa shape index (κ2) is 11.2. The summed E-state index contributed by atoms with van der Waals surface area (Å²) in [4.78, 5) is 25.3. The average Bonchev–Trinajstić information content (AvgIpc) is 3.05. The summed E-state index contributed by atoms with van der Waals surface area (Å²) < 4.78 is 5.44. The minimum absolute atomic E-state index is 0.0895. The molecule has 0 fully saturated rings. The van der Waals surface area contributed by atoms with Crippen LogP contribution < -0.4 is 0 Å². The van der Waals surface area contributed by atoms with Crippen LogP contribution >= 0.6 is 11.3 Å². The van der Waals surface area contributed by atoms with Crippen LogP contribution in [0.1, 0.15) is 76.3 Å². The van der Waals surface area contributed by atoms with Gasteiger partial charge in [0, 0.05) is 28.0 Å². The number of nitro benzene ring substituents is 1. The molecule has 0 bridgehead atoms. The van der Waals surface area contributed by atoms with Gasteiger partial charge in [0.25, 0.3) is 5.69 Å². The molecular formula is C25H33NO4S. The molecule has 1 aromatic heterocycles. The average molecular weight is 444 g/mol. The molecule has 6 heteroatoms. The number of carbonyl (C=O) groups excluding carboxylic acids is 1. The maximum absolute atomic E-state index is 12.3. The van der Waals surface area contributed by atoms with E-state index in [0.29, 0.717) is 0 Å². The van der Waals surface area contributed by atoms with Gasteiger partial charge in [-0.3, -0.25) is 10.1 Å². The van der Waals surface area contributed by atoms with Gasteiger partial charge in [-0.2, -0.15) is 0 Å². The Morgan fingerprint density at radius 3 is 2.26 bits per heavy atom. The smallest absolute Gasteiger partial charge is 0.331 e. The topological polar surface area (TPSA) is 69.4 Å². The molecular weight excluding hydrogens is 410 g/mol. The Bertz CT molecular complexity index is 920. The third kappa shape index (κ3) is 7.31. The van der Waals surface area contributed by atoms with Gasteiger partial charge in [-0.1, -0.05) is 26.7 Å². The maximum Gasteiger partial charge on any atom is 0.331 e. The van der Waals surface area contributed by atoms with Gasteiger partial charge in [0.1, 0.15) is 5.60 Å². The first kappa shape index (κ1) is 24.8. The largest absolute Gasteiger partial charge is 0.457 e. The van der Waals surface area contributed by atoms with Crippen LogP contribution in [0.25, 0.3) is 16.5 Å². The number of carbonyl (C=O) groups is 1. The van der Waals surface area contributed by atoms with E-state index >= 15 is 0 Å². The fourth-order valence-corrected chi connectivity index (χ4v) is 4.69. The van der Waals surface area contributed by atoms with Gasteiger partial charge in [-0.15, -0.1) is 11.3 Å². The molecule has 0 radical (unpaired) electrons. The molecule has 2 rings (SSSR count). The summed E-state index contributed by atoms with van der Waals surface area (Å²) in [5.74, 6) is -0.349. The lowest BCUT2D eigenvalue weighted by molar-refractivity contribution is -0.384. The third-order valence-electron chi connectivity index (χ3n) is 4.80. The van der Waals surface area contributed by atoms with Crippen molar-refractivity contribution in [2.75, 3.05) is 0 Å². The Morgan fingerprint density at radius 2 is 1.71 bits per heavy atom. The van der Waals surface area contributed by atoms with E-state index in [0.717, 1.165) is 54.5 Å². The summed E-state index contributed by atoms with van der Waals surface area (Å²) in [5.41, 5.74) is 2.86. The van der Waals surface area contributed by atoms with Gasteiger partial charge in [0.2, 0.25) is 0 Å². The van der Waals surface area contributed by atoms with Crippen LogP contribution in [0.15, 0.2) is 30.3 Å². The minimum Gasteiger partial charge on any atom is -0.457 e. The van der Waals surface area contributed by atoms with Gasteiger partial charge in [-0.25, -0.2) is 4.79 Å². The van der Waals surface area contributed by atoms with Crippen LogP contribution in [0.4, 0.5) is 5.69 Å². The highest BCUT2D eigenvalue weighted by Gasteiger charge is 2.19. The number of hydrogen-bond acceptors (Lipinski definition) is 5. The number of benzene rings is 1. The van der Waals surface area contributed by atoms with Gasteiger partial charge < -0.3 is 4.74 Å². The monoisotopic (exact) mass is 443 g/mol. The predicted octanol–water partition coefficient (Wildman–Crippen LogP) is 7.36. The zero-order chi connectivity index (χ0) is 23.0. The van der Waals surface area contributed by atoms with Crippen molar-refractivity contribution >= 4 is 29.1 Å². The molecule has 0 spiro atoms. The van der Waals surface area contributed by atoms with Crippen molar-refractivity contribution in [3.05, 3.63) is 56.5 Å². The second-order valence-electron chi connectivity index (χ2n) is 8.62. The SMILES string of the molecule is CCCCc1sc(-c2ccc([N+](=O)[O-])cc2)c(CCCC)c1/C=C/C(=O)OC(C)(C)C. The molecule has 0 amide bonds. The summed E-state index contributed by atoms with van der Waals surface area (Å²) in [6, 6.07) is 6.76. The molecule has 1 aromatic carbocycles. The van der Waals surface area contributed by atoms with E-state index in [1.165, 1.54) is 16.5 Å². The fraction of sp³-hybridized carbons (Fsp3) is 0.480. The lowest BCUT2D eigenvalue weighted by atomic mass is 9.97. The number of non-ortho nitro benzene ring substituents is 1. The zero-order valence-electron chi connectivity index (χ0n) is 19.2. The number of unbranched alkanes of at least 4 members (excludes halogenated alkanes) is 2. The maximum atomic E-state index is 12.3. The van der Waals surface area contributed by atoms with E-state index in [9.17, 15) is 14.9 Å². The highest BCUT2D eigenvalue weighted by Crippen LogP contribution is 2.40. The Hall–Kier alpha value is -2.47. The molecule has 31 heavy (non-hydrogen) atoms. The van der Waals surface area contributed by atoms with Crippen molar-refractivity contribution in [3.8, 4) is 10.4 Å². The van der Waals surface area contributed by atoms with Crippen molar-refractivity contribution in [2.24, 2.45) is 0 Å². The van der Waals surface area contributed by atoms with Crippen molar-refractivity contribution in [1.82, 2.24) is 0 Å². The highest BCUT2D eigenvalue weighted by atomic mass is 32.1. The molecule has 0 atom stereocenters. The lowest BCUT2D eigenvalue weighted by Crippen LogP contribution is -2.22. The molecule has 0 saturated heterocycles. The highest BCUT2D eigenvalue weighted by molar-refractivity contribution is 7.16. The van der Waals surface area contributed by atoms with Crippen molar-refractivity contribution in [2.45, 2.75) is 78.7 Å². The van der Waals surface area contributed by atoms with Crippen LogP contribution in [-0.2, 0) is 22.4 Å². The Morgan fingerprint density at radius 1 is 1.10 bits per heavy atom. The molecule has 2 aromatic rings. The lowest BCUT2D eigenvalue weighted by Gasteiger charge is -2.18. The second-order valence-corrected chi connectivity index (χ2v) is 9.73. The van der Waals surface area contributed by atoms with E-state index in [4.69, 9.17) is 4.74 Å². The number of rotatable bonds is 10. The Balaban J connectivity index is 2.51. The quantitative estimate of drug-likeness (QED) is 0.166. The zero-order valence-corrected chi connectivity index (χ0v) is 20.0. The molecule has 168 valence electrons. The molecule has 0 N–H and O–H groups in total. The first-order valence-corrected chi connectivity index (χ1v) is 11.8. The van der Waals surface area contributed by atoms with E-state index in [1.807, 2.05) is 39.0 Å². The molecule has 0 unspecified atom stereocenters. The van der Waals surface area contributed by atoms with Crippen molar-refractivity contribution in [3.63, 3.8) is 0 Å². The predicted molar refractivity (Wildman–Crippen MR) is 129 cm³/mol. The summed E-state index contributed by atoms with van der Waals surface area (Å²) in [6.45, 7) is 9.89. The number of hydrogen-bond donors (Lipinski definition) is 0. The fourth-order valence-electron chi connectivity index (χ4n) is 3.30. The number of nitrogens with zero attached hydrogens (tertiary/aromatic N) is 1. The molecule has 0 aliphatic carbocycles. The standard InChI is InChI=1S/C25H33NO4S/c1-6-8-10-21-20(16-17-23(27)30-25(3,4)5)22(11-9-7-2)31-24(21)18-12-14-19(15-13-18)26(28)29/h12-17H,6-11H2,1-5H3/b17-16+. The van der Waals surface area contributed by atoms with E-state index < -0.39 is 5.60 Å².